The number of rotatable bonds is 9. The SMILES string of the molecule is CCOC(=O)C(c1cc(OC)ccc1OC)C1C=CC(NC(=O)/C=C/c2ccccc2Cl)C1. The third-order valence-electron chi connectivity index (χ3n) is 5.50. The second-order valence-electron chi connectivity index (χ2n) is 7.59. The van der Waals surface area contributed by atoms with Gasteiger partial charge in [-0.1, -0.05) is 42.0 Å². The third-order valence-corrected chi connectivity index (χ3v) is 5.85. The normalized spacial score (nSPS) is 18.2. The lowest BCUT2D eigenvalue weighted by Gasteiger charge is -2.24. The third kappa shape index (κ3) is 6.17. The van der Waals surface area contributed by atoms with Crippen molar-refractivity contribution in [3.05, 3.63) is 76.8 Å². The van der Waals surface area contributed by atoms with Gasteiger partial charge in [0.05, 0.1) is 26.7 Å². The Kier molecular flexibility index (Phi) is 8.55. The highest BCUT2D eigenvalue weighted by Gasteiger charge is 2.36. The molecule has 0 aliphatic heterocycles. The molecule has 1 amide bonds. The van der Waals surface area contributed by atoms with Crippen LogP contribution in [0.4, 0.5) is 0 Å². The van der Waals surface area contributed by atoms with Crippen LogP contribution in [0.3, 0.4) is 0 Å². The monoisotopic (exact) mass is 469 g/mol. The highest BCUT2D eigenvalue weighted by molar-refractivity contribution is 6.32. The van der Waals surface area contributed by atoms with E-state index in [-0.39, 0.29) is 30.4 Å². The summed E-state index contributed by atoms with van der Waals surface area (Å²) < 4.78 is 16.2. The lowest BCUT2D eigenvalue weighted by atomic mass is 9.84. The van der Waals surface area contributed by atoms with E-state index in [1.165, 1.54) is 6.08 Å². The Morgan fingerprint density at radius 2 is 1.94 bits per heavy atom. The minimum atomic E-state index is -0.591. The van der Waals surface area contributed by atoms with Crippen molar-refractivity contribution >= 4 is 29.6 Å². The summed E-state index contributed by atoms with van der Waals surface area (Å²) in [5.41, 5.74) is 1.46. The van der Waals surface area contributed by atoms with Crippen LogP contribution in [0.1, 0.15) is 30.4 Å². The van der Waals surface area contributed by atoms with Gasteiger partial charge in [0.25, 0.3) is 0 Å². The standard InChI is InChI=1S/C26H28ClNO5/c1-4-33-26(30)25(21-16-20(31-2)12-13-23(21)32-3)18-9-11-19(15-18)28-24(29)14-10-17-7-5-6-8-22(17)27/h5-14,16,18-19,25H,4,15H2,1-3H3,(H,28,29)/b14-10+. The Labute approximate surface area is 199 Å². The first-order valence-corrected chi connectivity index (χ1v) is 11.1. The maximum absolute atomic E-state index is 13.0. The zero-order valence-electron chi connectivity index (χ0n) is 18.9. The van der Waals surface area contributed by atoms with Gasteiger partial charge in [-0.3, -0.25) is 9.59 Å². The summed E-state index contributed by atoms with van der Waals surface area (Å²) in [5.74, 6) is -0.148. The molecule has 0 bridgehead atoms. The number of halogens is 1. The number of amides is 1. The van der Waals surface area contributed by atoms with Gasteiger partial charge in [0.15, 0.2) is 0 Å². The molecule has 7 heteroatoms. The Bertz CT molecular complexity index is 1050. The maximum Gasteiger partial charge on any atom is 0.314 e. The van der Waals surface area contributed by atoms with Crippen LogP contribution in [0.15, 0.2) is 60.7 Å². The van der Waals surface area contributed by atoms with Gasteiger partial charge in [-0.2, -0.15) is 0 Å². The van der Waals surface area contributed by atoms with Crippen molar-refractivity contribution in [2.45, 2.75) is 25.3 Å². The van der Waals surface area contributed by atoms with E-state index in [9.17, 15) is 9.59 Å². The molecular formula is C26H28ClNO5. The van der Waals surface area contributed by atoms with Gasteiger partial charge < -0.3 is 19.5 Å². The summed E-state index contributed by atoms with van der Waals surface area (Å²) in [5, 5.41) is 3.54. The molecule has 33 heavy (non-hydrogen) atoms. The van der Waals surface area contributed by atoms with E-state index in [1.54, 1.807) is 51.5 Å². The number of ether oxygens (including phenoxy) is 3. The fourth-order valence-corrected chi connectivity index (χ4v) is 4.13. The van der Waals surface area contributed by atoms with Crippen LogP contribution in [0.5, 0.6) is 11.5 Å². The maximum atomic E-state index is 13.0. The van der Waals surface area contributed by atoms with Gasteiger partial charge in [-0.25, -0.2) is 0 Å². The molecule has 0 aromatic heterocycles. The van der Waals surface area contributed by atoms with Crippen LogP contribution in [0.2, 0.25) is 5.02 Å². The zero-order chi connectivity index (χ0) is 23.8. The minimum Gasteiger partial charge on any atom is -0.497 e. The molecule has 3 atom stereocenters. The molecular weight excluding hydrogens is 442 g/mol. The molecule has 2 aromatic rings. The largest absolute Gasteiger partial charge is 0.497 e. The molecule has 0 fully saturated rings. The molecule has 2 aromatic carbocycles. The van der Waals surface area contributed by atoms with E-state index in [4.69, 9.17) is 25.8 Å². The first kappa shape index (κ1) is 24.4. The van der Waals surface area contributed by atoms with Gasteiger partial charge in [0.2, 0.25) is 5.91 Å². The Morgan fingerprint density at radius 1 is 1.15 bits per heavy atom. The summed E-state index contributed by atoms with van der Waals surface area (Å²) in [7, 11) is 3.13. The van der Waals surface area contributed by atoms with Gasteiger partial charge in [-0.05, 0) is 55.2 Å². The Balaban J connectivity index is 1.75. The molecule has 174 valence electrons. The van der Waals surface area contributed by atoms with Crippen LogP contribution in [0.25, 0.3) is 6.08 Å². The molecule has 1 N–H and O–H groups in total. The molecule has 0 saturated carbocycles. The van der Waals surface area contributed by atoms with Crippen molar-refractivity contribution < 1.29 is 23.8 Å². The van der Waals surface area contributed by atoms with E-state index in [1.807, 2.05) is 30.4 Å². The lowest BCUT2D eigenvalue weighted by molar-refractivity contribution is -0.146. The van der Waals surface area contributed by atoms with Gasteiger partial charge in [0.1, 0.15) is 11.5 Å². The summed E-state index contributed by atoms with van der Waals surface area (Å²) in [6.07, 6.45) is 7.54. The van der Waals surface area contributed by atoms with Crippen LogP contribution in [-0.4, -0.2) is 38.7 Å². The summed E-state index contributed by atoms with van der Waals surface area (Å²) in [4.78, 5) is 25.4. The van der Waals surface area contributed by atoms with E-state index < -0.39 is 5.92 Å². The first-order chi connectivity index (χ1) is 16.0. The second-order valence-corrected chi connectivity index (χ2v) is 8.00. The predicted octanol–water partition coefficient (Wildman–Crippen LogP) is 4.78. The van der Waals surface area contributed by atoms with Gasteiger partial charge in [-0.15, -0.1) is 0 Å². The van der Waals surface area contributed by atoms with Crippen molar-refractivity contribution in [2.75, 3.05) is 20.8 Å². The molecule has 0 radical (unpaired) electrons. The van der Waals surface area contributed by atoms with Crippen molar-refractivity contribution in [1.82, 2.24) is 5.32 Å². The predicted molar refractivity (Wildman–Crippen MR) is 129 cm³/mol. The van der Waals surface area contributed by atoms with E-state index in [2.05, 4.69) is 5.32 Å². The van der Waals surface area contributed by atoms with Gasteiger partial charge in [0, 0.05) is 22.7 Å². The first-order valence-electron chi connectivity index (χ1n) is 10.8. The molecule has 0 spiro atoms. The second kappa shape index (κ2) is 11.6. The van der Waals surface area contributed by atoms with E-state index >= 15 is 0 Å². The average Bonchev–Trinajstić information content (AvgIpc) is 3.26. The van der Waals surface area contributed by atoms with Gasteiger partial charge >= 0.3 is 5.97 Å². The minimum absolute atomic E-state index is 0.178. The lowest BCUT2D eigenvalue weighted by Crippen LogP contribution is -2.32. The summed E-state index contributed by atoms with van der Waals surface area (Å²) >= 11 is 6.13. The quantitative estimate of drug-likeness (QED) is 0.325. The Hall–Kier alpha value is -3.25. The van der Waals surface area contributed by atoms with Crippen LogP contribution in [-0.2, 0) is 14.3 Å². The highest BCUT2D eigenvalue weighted by Crippen LogP contribution is 2.40. The van der Waals surface area contributed by atoms with Crippen LogP contribution < -0.4 is 14.8 Å². The van der Waals surface area contributed by atoms with E-state index in [0.717, 1.165) is 5.56 Å². The fraction of sp³-hybridized carbons (Fsp3) is 0.308. The number of nitrogens with one attached hydrogen (secondary N) is 1. The summed E-state index contributed by atoms with van der Waals surface area (Å²) in [6.45, 7) is 2.04. The number of hydrogen-bond donors (Lipinski definition) is 1. The molecule has 1 aliphatic carbocycles. The van der Waals surface area contributed by atoms with Crippen molar-refractivity contribution in [3.8, 4) is 11.5 Å². The number of esters is 1. The average molecular weight is 470 g/mol. The number of hydrogen-bond acceptors (Lipinski definition) is 5. The highest BCUT2D eigenvalue weighted by atomic mass is 35.5. The molecule has 6 nitrogen and oxygen atoms in total. The zero-order valence-corrected chi connectivity index (χ0v) is 19.7. The van der Waals surface area contributed by atoms with Crippen LogP contribution in [0, 0.1) is 5.92 Å². The van der Waals surface area contributed by atoms with Crippen molar-refractivity contribution in [2.24, 2.45) is 5.92 Å². The molecule has 0 heterocycles. The smallest absolute Gasteiger partial charge is 0.314 e. The van der Waals surface area contributed by atoms with Crippen LogP contribution >= 0.6 is 11.6 Å². The van der Waals surface area contributed by atoms with Crippen molar-refractivity contribution in [3.63, 3.8) is 0 Å². The molecule has 3 rings (SSSR count). The Morgan fingerprint density at radius 3 is 2.64 bits per heavy atom. The fourth-order valence-electron chi connectivity index (χ4n) is 3.93. The number of carbonyl (C=O) groups is 2. The topological polar surface area (TPSA) is 73.9 Å². The molecule has 3 unspecified atom stereocenters. The number of carbonyl (C=O) groups excluding carboxylic acids is 2. The summed E-state index contributed by atoms with van der Waals surface area (Å²) in [6, 6.07) is 12.4. The van der Waals surface area contributed by atoms with Crippen molar-refractivity contribution in [1.29, 1.82) is 0 Å². The molecule has 0 saturated heterocycles. The number of methoxy groups -OCH3 is 2. The number of benzene rings is 2. The van der Waals surface area contributed by atoms with E-state index in [0.29, 0.717) is 28.5 Å². The number of allylic oxidation sites excluding steroid dienone is 1. The molecule has 1 aliphatic rings.